The van der Waals surface area contributed by atoms with Crippen molar-refractivity contribution in [2.75, 3.05) is 7.11 Å². The van der Waals surface area contributed by atoms with Crippen molar-refractivity contribution in [2.45, 2.75) is 20.3 Å². The van der Waals surface area contributed by atoms with Crippen molar-refractivity contribution in [3.8, 4) is 11.5 Å². The Labute approximate surface area is 88.1 Å². The van der Waals surface area contributed by atoms with Crippen LogP contribution in [0.2, 0.25) is 0 Å². The van der Waals surface area contributed by atoms with Gasteiger partial charge in [-0.15, -0.1) is 0 Å². The highest BCUT2D eigenvalue weighted by molar-refractivity contribution is 5.73. The van der Waals surface area contributed by atoms with E-state index >= 15 is 0 Å². The van der Waals surface area contributed by atoms with Gasteiger partial charge in [0.1, 0.15) is 0 Å². The molecule has 1 aromatic rings. The van der Waals surface area contributed by atoms with Crippen LogP contribution in [-0.2, 0) is 11.2 Å². The van der Waals surface area contributed by atoms with Gasteiger partial charge in [-0.05, 0) is 31.0 Å². The van der Waals surface area contributed by atoms with Crippen LogP contribution in [0.3, 0.4) is 0 Å². The molecule has 1 rings (SSSR count). The number of aryl methyl sites for hydroxylation is 1. The van der Waals surface area contributed by atoms with Crippen LogP contribution in [-0.4, -0.2) is 23.3 Å². The second-order valence-corrected chi connectivity index (χ2v) is 3.42. The number of carboxylic acid groups (broad SMARTS) is 1. The topological polar surface area (TPSA) is 66.8 Å². The molecule has 0 atom stereocenters. The van der Waals surface area contributed by atoms with Crippen LogP contribution < -0.4 is 4.74 Å². The molecule has 0 aromatic heterocycles. The number of carboxylic acids is 1. The Morgan fingerprint density at radius 2 is 2.07 bits per heavy atom. The molecule has 0 unspecified atom stereocenters. The number of benzene rings is 1. The van der Waals surface area contributed by atoms with Crippen LogP contribution in [0, 0.1) is 13.8 Å². The Morgan fingerprint density at radius 3 is 2.53 bits per heavy atom. The lowest BCUT2D eigenvalue weighted by atomic mass is 9.99. The molecule has 0 heterocycles. The van der Waals surface area contributed by atoms with E-state index in [1.807, 2.05) is 6.92 Å². The molecule has 0 fully saturated rings. The average molecular weight is 210 g/mol. The van der Waals surface area contributed by atoms with Crippen molar-refractivity contribution in [1.29, 1.82) is 0 Å². The van der Waals surface area contributed by atoms with Gasteiger partial charge >= 0.3 is 5.97 Å². The first-order valence-corrected chi connectivity index (χ1v) is 4.55. The molecule has 0 saturated heterocycles. The van der Waals surface area contributed by atoms with Gasteiger partial charge in [0.05, 0.1) is 13.5 Å². The van der Waals surface area contributed by atoms with Gasteiger partial charge in [-0.1, -0.05) is 0 Å². The van der Waals surface area contributed by atoms with Crippen LogP contribution in [0.4, 0.5) is 0 Å². The number of methoxy groups -OCH3 is 1. The third kappa shape index (κ3) is 2.21. The highest BCUT2D eigenvalue weighted by Gasteiger charge is 2.15. The number of phenols is 1. The summed E-state index contributed by atoms with van der Waals surface area (Å²) in [4.78, 5) is 10.6. The molecule has 0 aliphatic heterocycles. The number of carbonyl (C=O) groups is 1. The second kappa shape index (κ2) is 4.21. The number of ether oxygens (including phenoxy) is 1. The molecule has 0 bridgehead atoms. The predicted molar refractivity (Wildman–Crippen MR) is 55.5 cm³/mol. The van der Waals surface area contributed by atoms with Crippen LogP contribution in [0.25, 0.3) is 0 Å². The van der Waals surface area contributed by atoms with Crippen molar-refractivity contribution in [1.82, 2.24) is 0 Å². The van der Waals surface area contributed by atoms with Crippen LogP contribution in [0.1, 0.15) is 16.7 Å². The third-order valence-corrected chi connectivity index (χ3v) is 2.46. The van der Waals surface area contributed by atoms with Gasteiger partial charge in [-0.25, -0.2) is 0 Å². The second-order valence-electron chi connectivity index (χ2n) is 3.42. The lowest BCUT2D eigenvalue weighted by molar-refractivity contribution is -0.136. The van der Waals surface area contributed by atoms with E-state index in [4.69, 9.17) is 9.84 Å². The first-order valence-electron chi connectivity index (χ1n) is 4.55. The Balaban J connectivity index is 3.33. The van der Waals surface area contributed by atoms with E-state index in [0.717, 1.165) is 11.1 Å². The van der Waals surface area contributed by atoms with Gasteiger partial charge in [0.25, 0.3) is 0 Å². The average Bonchev–Trinajstić information content (AvgIpc) is 2.18. The van der Waals surface area contributed by atoms with Gasteiger partial charge in [0.2, 0.25) is 0 Å². The van der Waals surface area contributed by atoms with Gasteiger partial charge in [0, 0.05) is 5.56 Å². The fraction of sp³-hybridized carbons (Fsp3) is 0.364. The van der Waals surface area contributed by atoms with E-state index in [0.29, 0.717) is 11.3 Å². The number of aromatic hydroxyl groups is 1. The molecular weight excluding hydrogens is 196 g/mol. The van der Waals surface area contributed by atoms with Crippen molar-refractivity contribution in [2.24, 2.45) is 0 Å². The normalized spacial score (nSPS) is 10.1. The summed E-state index contributed by atoms with van der Waals surface area (Å²) in [5.74, 6) is -0.738. The summed E-state index contributed by atoms with van der Waals surface area (Å²) in [7, 11) is 1.44. The van der Waals surface area contributed by atoms with Crippen molar-refractivity contribution >= 4 is 5.97 Å². The number of aliphatic carboxylic acids is 1. The number of phenolic OH excluding ortho intramolecular Hbond substituents is 1. The smallest absolute Gasteiger partial charge is 0.307 e. The van der Waals surface area contributed by atoms with Crippen molar-refractivity contribution < 1.29 is 19.7 Å². The van der Waals surface area contributed by atoms with E-state index < -0.39 is 5.97 Å². The Kier molecular flexibility index (Phi) is 3.19. The molecule has 2 N–H and O–H groups in total. The molecular formula is C11H14O4. The molecule has 4 heteroatoms. The molecule has 0 aliphatic rings. The summed E-state index contributed by atoms with van der Waals surface area (Å²) < 4.78 is 4.96. The largest absolute Gasteiger partial charge is 0.504 e. The monoisotopic (exact) mass is 210 g/mol. The van der Waals surface area contributed by atoms with Gasteiger partial charge < -0.3 is 14.9 Å². The third-order valence-electron chi connectivity index (χ3n) is 2.46. The Bertz CT molecular complexity index is 396. The quantitative estimate of drug-likeness (QED) is 0.796. The van der Waals surface area contributed by atoms with Crippen molar-refractivity contribution in [3.05, 3.63) is 22.8 Å². The van der Waals surface area contributed by atoms with Crippen LogP contribution in [0.5, 0.6) is 11.5 Å². The van der Waals surface area contributed by atoms with E-state index in [9.17, 15) is 9.90 Å². The minimum atomic E-state index is -0.971. The molecule has 0 radical (unpaired) electrons. The summed E-state index contributed by atoms with van der Waals surface area (Å²) in [6.45, 7) is 3.63. The molecule has 1 aromatic carbocycles. The van der Waals surface area contributed by atoms with Gasteiger partial charge in [-0.3, -0.25) is 4.79 Å². The maximum Gasteiger partial charge on any atom is 0.307 e. The SMILES string of the molecule is COc1cc(C)c(C)c(CC(=O)O)c1O. The number of rotatable bonds is 3. The molecule has 4 nitrogen and oxygen atoms in total. The fourth-order valence-corrected chi connectivity index (χ4v) is 1.46. The molecule has 82 valence electrons. The molecule has 15 heavy (non-hydrogen) atoms. The summed E-state index contributed by atoms with van der Waals surface area (Å²) in [6, 6.07) is 1.69. The summed E-state index contributed by atoms with van der Waals surface area (Å²) in [6.07, 6.45) is -0.199. The van der Waals surface area contributed by atoms with Gasteiger partial charge in [0.15, 0.2) is 11.5 Å². The summed E-state index contributed by atoms with van der Waals surface area (Å²) in [5, 5.41) is 18.5. The lowest BCUT2D eigenvalue weighted by Gasteiger charge is -2.13. The van der Waals surface area contributed by atoms with E-state index in [2.05, 4.69) is 0 Å². The molecule has 0 amide bonds. The first-order chi connectivity index (χ1) is 6.97. The molecule has 0 aliphatic carbocycles. The minimum absolute atomic E-state index is 0.0806. The fourth-order valence-electron chi connectivity index (χ4n) is 1.46. The highest BCUT2D eigenvalue weighted by atomic mass is 16.5. The zero-order valence-electron chi connectivity index (χ0n) is 9.00. The summed E-state index contributed by atoms with van der Waals surface area (Å²) in [5.41, 5.74) is 2.11. The number of hydrogen-bond acceptors (Lipinski definition) is 3. The number of hydrogen-bond donors (Lipinski definition) is 2. The first kappa shape index (κ1) is 11.4. The Hall–Kier alpha value is -1.71. The zero-order chi connectivity index (χ0) is 11.6. The highest BCUT2D eigenvalue weighted by Crippen LogP contribution is 2.34. The van der Waals surface area contributed by atoms with Crippen LogP contribution in [0.15, 0.2) is 6.07 Å². The standard InChI is InChI=1S/C11H14O4/c1-6-4-9(15-3)11(14)8(7(6)2)5-10(12)13/h4,14H,5H2,1-3H3,(H,12,13). The zero-order valence-corrected chi connectivity index (χ0v) is 9.00. The maximum atomic E-state index is 10.6. The van der Waals surface area contributed by atoms with Gasteiger partial charge in [-0.2, -0.15) is 0 Å². The van der Waals surface area contributed by atoms with Crippen LogP contribution >= 0.6 is 0 Å². The summed E-state index contributed by atoms with van der Waals surface area (Å²) >= 11 is 0. The Morgan fingerprint density at radius 1 is 1.47 bits per heavy atom. The molecule has 0 spiro atoms. The lowest BCUT2D eigenvalue weighted by Crippen LogP contribution is -2.04. The maximum absolute atomic E-state index is 10.6. The van der Waals surface area contributed by atoms with E-state index in [1.54, 1.807) is 13.0 Å². The van der Waals surface area contributed by atoms with E-state index in [1.165, 1.54) is 7.11 Å². The minimum Gasteiger partial charge on any atom is -0.504 e. The molecule has 0 saturated carbocycles. The predicted octanol–water partition coefficient (Wildman–Crippen LogP) is 1.64. The van der Waals surface area contributed by atoms with E-state index in [-0.39, 0.29) is 12.2 Å². The van der Waals surface area contributed by atoms with Crippen molar-refractivity contribution in [3.63, 3.8) is 0 Å².